The van der Waals surface area contributed by atoms with Gasteiger partial charge < -0.3 is 9.47 Å². The van der Waals surface area contributed by atoms with E-state index in [1.54, 1.807) is 31.2 Å². The molecule has 0 unspecified atom stereocenters. The van der Waals surface area contributed by atoms with Gasteiger partial charge in [-0.05, 0) is 59.9 Å². The predicted molar refractivity (Wildman–Crippen MR) is 96.0 cm³/mol. The summed E-state index contributed by atoms with van der Waals surface area (Å²) >= 11 is 0. The van der Waals surface area contributed by atoms with E-state index in [4.69, 9.17) is 9.47 Å². The molecule has 0 fully saturated rings. The minimum absolute atomic E-state index is 0.00381. The second kappa shape index (κ2) is 6.99. The summed E-state index contributed by atoms with van der Waals surface area (Å²) in [6.45, 7) is 7.79. The van der Waals surface area contributed by atoms with Gasteiger partial charge in [0.15, 0.2) is 0 Å². The third-order valence-electron chi connectivity index (χ3n) is 4.18. The number of carbonyl (C=O) groups is 2. The molecule has 28 heavy (non-hydrogen) atoms. The van der Waals surface area contributed by atoms with Crippen molar-refractivity contribution in [3.05, 3.63) is 71.8 Å². The number of ether oxygens (including phenoxy) is 2. The van der Waals surface area contributed by atoms with E-state index < -0.39 is 23.7 Å². The van der Waals surface area contributed by atoms with E-state index in [1.807, 2.05) is 0 Å². The van der Waals surface area contributed by atoms with Crippen LogP contribution in [0.5, 0.6) is 11.5 Å². The van der Waals surface area contributed by atoms with E-state index >= 15 is 0 Å². The van der Waals surface area contributed by atoms with Gasteiger partial charge in [0.1, 0.15) is 17.1 Å². The highest BCUT2D eigenvalue weighted by Gasteiger charge is 2.38. The zero-order chi connectivity index (χ0) is 20.6. The van der Waals surface area contributed by atoms with E-state index in [2.05, 4.69) is 13.2 Å². The smallest absolute Gasteiger partial charge is 0.422 e. The predicted octanol–water partition coefficient (Wildman–Crippen LogP) is 4.76. The molecule has 0 N–H and O–H groups in total. The van der Waals surface area contributed by atoms with Crippen molar-refractivity contribution in [2.24, 2.45) is 0 Å². The van der Waals surface area contributed by atoms with Crippen molar-refractivity contribution in [1.29, 1.82) is 0 Å². The van der Waals surface area contributed by atoms with Crippen LogP contribution in [0, 0.1) is 0 Å². The Labute approximate surface area is 158 Å². The first-order chi connectivity index (χ1) is 13.1. The van der Waals surface area contributed by atoms with Crippen molar-refractivity contribution in [2.75, 3.05) is 0 Å². The van der Waals surface area contributed by atoms with Crippen molar-refractivity contribution >= 4 is 11.9 Å². The third kappa shape index (κ3) is 3.83. The van der Waals surface area contributed by atoms with E-state index in [-0.39, 0.29) is 11.3 Å². The highest BCUT2D eigenvalue weighted by Crippen LogP contribution is 2.40. The largest absolute Gasteiger partial charge is 0.423 e. The van der Waals surface area contributed by atoms with Crippen LogP contribution in [0.2, 0.25) is 0 Å². The maximum absolute atomic E-state index is 12.5. The molecule has 0 aliphatic heterocycles. The van der Waals surface area contributed by atoms with Crippen LogP contribution in [0.3, 0.4) is 0 Å². The Hall–Kier alpha value is -3.35. The number of esters is 2. The number of halogens is 3. The van der Waals surface area contributed by atoms with E-state index in [0.717, 1.165) is 22.3 Å². The zero-order valence-corrected chi connectivity index (χ0v) is 14.9. The molecule has 4 nitrogen and oxygen atoms in total. The fourth-order valence-corrected chi connectivity index (χ4v) is 2.77. The van der Waals surface area contributed by atoms with Crippen LogP contribution in [0.4, 0.5) is 13.2 Å². The van der Waals surface area contributed by atoms with Crippen molar-refractivity contribution in [3.63, 3.8) is 0 Å². The second-order valence-electron chi connectivity index (χ2n) is 6.35. The first-order valence-electron chi connectivity index (χ1n) is 8.18. The van der Waals surface area contributed by atoms with Gasteiger partial charge in [-0.15, -0.1) is 0 Å². The minimum Gasteiger partial charge on any atom is -0.423 e. The number of hydrogen-bond donors (Lipinski definition) is 0. The van der Waals surface area contributed by atoms with E-state index in [0.29, 0.717) is 12.2 Å². The summed E-state index contributed by atoms with van der Waals surface area (Å²) in [5.41, 5.74) is 2.13. The van der Waals surface area contributed by atoms with Gasteiger partial charge in [0.2, 0.25) is 0 Å². The van der Waals surface area contributed by atoms with Crippen LogP contribution in [-0.2, 0) is 16.0 Å². The van der Waals surface area contributed by atoms with Crippen LogP contribution < -0.4 is 9.47 Å². The first-order valence-corrected chi connectivity index (χ1v) is 8.18. The second-order valence-corrected chi connectivity index (χ2v) is 6.35. The summed E-state index contributed by atoms with van der Waals surface area (Å²) in [5, 5.41) is 0. The first kappa shape index (κ1) is 19.4. The van der Waals surface area contributed by atoms with Crippen LogP contribution in [-0.4, -0.2) is 18.1 Å². The molecular weight excluding hydrogens is 373 g/mol. The van der Waals surface area contributed by atoms with Crippen LogP contribution in [0.25, 0.3) is 11.1 Å². The fraction of sp³-hybridized carbons (Fsp3) is 0.143. The average molecular weight is 388 g/mol. The Morgan fingerprint density at radius 1 is 0.893 bits per heavy atom. The van der Waals surface area contributed by atoms with Crippen LogP contribution in [0.1, 0.15) is 18.1 Å². The summed E-state index contributed by atoms with van der Waals surface area (Å²) in [5.74, 6) is -1.71. The van der Waals surface area contributed by atoms with Gasteiger partial charge in [0.25, 0.3) is 0 Å². The summed E-state index contributed by atoms with van der Waals surface area (Å²) in [7, 11) is 0. The number of carbonyl (C=O) groups excluding carboxylic acids is 2. The SMILES string of the molecule is C=C(C)C(=O)Oc1ccc2c(c1)Cc1cc(OC(=O)C(=C)C(F)(F)F)ccc1-2. The maximum atomic E-state index is 12.5. The molecule has 0 aromatic heterocycles. The van der Waals surface area contributed by atoms with Gasteiger partial charge in [0, 0.05) is 5.57 Å². The quantitative estimate of drug-likeness (QED) is 0.367. The topological polar surface area (TPSA) is 52.6 Å². The monoisotopic (exact) mass is 388 g/mol. The molecule has 0 radical (unpaired) electrons. The van der Waals surface area contributed by atoms with Crippen LogP contribution >= 0.6 is 0 Å². The van der Waals surface area contributed by atoms with E-state index in [9.17, 15) is 22.8 Å². The van der Waals surface area contributed by atoms with Gasteiger partial charge >= 0.3 is 18.1 Å². The normalized spacial score (nSPS) is 12.0. The van der Waals surface area contributed by atoms with Gasteiger partial charge in [-0.2, -0.15) is 13.2 Å². The molecule has 7 heteroatoms. The molecule has 0 saturated heterocycles. The Balaban J connectivity index is 1.79. The molecule has 0 heterocycles. The lowest BCUT2D eigenvalue weighted by molar-refractivity contribution is -0.142. The van der Waals surface area contributed by atoms with Crippen LogP contribution in [0.15, 0.2) is 60.7 Å². The number of fused-ring (bicyclic) bond motifs is 3. The summed E-state index contributed by atoms with van der Waals surface area (Å²) in [6.07, 6.45) is -4.39. The summed E-state index contributed by atoms with van der Waals surface area (Å²) in [4.78, 5) is 23.2. The van der Waals surface area contributed by atoms with Gasteiger partial charge in [0.05, 0.1) is 0 Å². The number of benzene rings is 2. The Bertz CT molecular complexity index is 1020. The molecule has 2 aromatic carbocycles. The highest BCUT2D eigenvalue weighted by molar-refractivity contribution is 5.91. The molecule has 0 spiro atoms. The third-order valence-corrected chi connectivity index (χ3v) is 4.18. The van der Waals surface area contributed by atoms with Gasteiger partial charge in [-0.3, -0.25) is 0 Å². The number of alkyl halides is 3. The average Bonchev–Trinajstić information content (AvgIpc) is 2.96. The lowest BCUT2D eigenvalue weighted by Gasteiger charge is -2.10. The van der Waals surface area contributed by atoms with E-state index in [1.165, 1.54) is 12.1 Å². The Morgan fingerprint density at radius 3 is 1.79 bits per heavy atom. The molecule has 144 valence electrons. The molecular formula is C21H15F3O4. The lowest BCUT2D eigenvalue weighted by atomic mass is 10.1. The summed E-state index contributed by atoms with van der Waals surface area (Å²) < 4.78 is 47.6. The molecule has 0 atom stereocenters. The fourth-order valence-electron chi connectivity index (χ4n) is 2.77. The zero-order valence-electron chi connectivity index (χ0n) is 14.9. The van der Waals surface area contributed by atoms with Crippen molar-refractivity contribution in [2.45, 2.75) is 19.5 Å². The van der Waals surface area contributed by atoms with Crippen molar-refractivity contribution in [1.82, 2.24) is 0 Å². The van der Waals surface area contributed by atoms with Gasteiger partial charge in [-0.25, -0.2) is 9.59 Å². The molecule has 0 amide bonds. The summed E-state index contributed by atoms with van der Waals surface area (Å²) in [6, 6.07) is 9.75. The maximum Gasteiger partial charge on any atom is 0.422 e. The van der Waals surface area contributed by atoms with Crippen molar-refractivity contribution < 1.29 is 32.2 Å². The Kier molecular flexibility index (Phi) is 4.85. The molecule has 3 rings (SSSR count). The molecule has 0 saturated carbocycles. The molecule has 1 aliphatic rings. The standard InChI is InChI=1S/C21H15F3O4/c1-11(2)19(25)27-15-4-6-17-13(9-15)8-14-10-16(5-7-18(14)17)28-20(26)12(3)21(22,23)24/h4-7,9-10H,1,3,8H2,2H3. The van der Waals surface area contributed by atoms with Crippen molar-refractivity contribution in [3.8, 4) is 22.6 Å². The molecule has 2 aromatic rings. The lowest BCUT2D eigenvalue weighted by Crippen LogP contribution is -2.23. The highest BCUT2D eigenvalue weighted by atomic mass is 19.4. The number of hydrogen-bond acceptors (Lipinski definition) is 4. The molecule has 1 aliphatic carbocycles. The van der Waals surface area contributed by atoms with Gasteiger partial charge in [-0.1, -0.05) is 25.3 Å². The number of rotatable bonds is 4. The minimum atomic E-state index is -4.85. The molecule has 0 bridgehead atoms. The Morgan fingerprint density at radius 2 is 1.36 bits per heavy atom.